The first kappa shape index (κ1) is 12.0. The number of carbonyl (C=O) groups excluding carboxylic acids is 2. The Kier molecular flexibility index (Phi) is 6.99. The van der Waals surface area contributed by atoms with Crippen molar-refractivity contribution in [3.8, 4) is 0 Å². The maximum absolute atomic E-state index is 10.8. The quantitative estimate of drug-likeness (QED) is 0.254. The Balaban J connectivity index is 3.68. The Bertz CT molecular complexity index is 187. The molecule has 0 aromatic heterocycles. The number of rotatable bonds is 7. The number of carbonyl (C=O) groups is 2. The third-order valence-corrected chi connectivity index (χ3v) is 1.62. The Morgan fingerprint density at radius 1 is 1.69 bits per heavy atom. The molecule has 0 unspecified atom stereocenters. The summed E-state index contributed by atoms with van der Waals surface area (Å²) in [7, 11) is 1.30. The van der Waals surface area contributed by atoms with E-state index in [1.165, 1.54) is 12.1 Å². The lowest BCUT2D eigenvalue weighted by Gasteiger charge is -2.14. The van der Waals surface area contributed by atoms with E-state index >= 15 is 0 Å². The maximum Gasteiger partial charge on any atom is 0.327 e. The molecular formula is C7H12N2O3S. The Labute approximate surface area is 82.2 Å². The van der Waals surface area contributed by atoms with Crippen molar-refractivity contribution in [2.45, 2.75) is 12.8 Å². The molecule has 0 atom stereocenters. The molecule has 0 aliphatic carbocycles. The van der Waals surface area contributed by atoms with Gasteiger partial charge in [0, 0.05) is 13.0 Å². The molecule has 0 aliphatic rings. The van der Waals surface area contributed by atoms with Crippen molar-refractivity contribution in [1.82, 2.24) is 5.01 Å². The molecule has 0 spiro atoms. The van der Waals surface area contributed by atoms with Crippen LogP contribution in [0.4, 0.5) is 0 Å². The lowest BCUT2D eigenvalue weighted by atomic mass is 10.3. The highest BCUT2D eigenvalue weighted by atomic mass is 32.1. The van der Waals surface area contributed by atoms with Gasteiger partial charge in [-0.1, -0.05) is 0 Å². The summed E-state index contributed by atoms with van der Waals surface area (Å²) in [6.07, 6.45) is 1.91. The third kappa shape index (κ3) is 6.15. The van der Waals surface area contributed by atoms with Crippen LogP contribution in [-0.4, -0.2) is 37.5 Å². The van der Waals surface area contributed by atoms with Gasteiger partial charge in [0.05, 0.1) is 19.5 Å². The number of hydrogen-bond acceptors (Lipinski definition) is 5. The molecule has 0 radical (unpaired) electrons. The minimum atomic E-state index is -0.389. The number of esters is 1. The van der Waals surface area contributed by atoms with Crippen LogP contribution in [0.1, 0.15) is 12.8 Å². The van der Waals surface area contributed by atoms with Gasteiger partial charge in [-0.3, -0.25) is 9.80 Å². The van der Waals surface area contributed by atoms with E-state index in [1.807, 2.05) is 0 Å². The average Bonchev–Trinajstić information content (AvgIpc) is 2.16. The van der Waals surface area contributed by atoms with E-state index in [4.69, 9.17) is 0 Å². The Hall–Kier alpha value is -1.04. The first-order valence-corrected chi connectivity index (χ1v) is 4.19. The van der Waals surface area contributed by atoms with Crippen LogP contribution in [0.15, 0.2) is 4.47 Å². The molecule has 5 nitrogen and oxygen atoms in total. The zero-order chi connectivity index (χ0) is 10.1. The topological polar surface area (TPSA) is 59.0 Å². The molecule has 0 aromatic carbocycles. The van der Waals surface area contributed by atoms with Crippen molar-refractivity contribution in [3.05, 3.63) is 0 Å². The van der Waals surface area contributed by atoms with Crippen molar-refractivity contribution in [1.29, 1.82) is 0 Å². The Morgan fingerprint density at radius 3 is 2.85 bits per heavy atom. The minimum absolute atomic E-state index is 0.0405. The number of unbranched alkanes of at least 4 members (excludes halogenated alkanes) is 1. The minimum Gasteiger partial charge on any atom is -0.468 e. The van der Waals surface area contributed by atoms with Crippen molar-refractivity contribution >= 4 is 24.7 Å². The molecule has 74 valence electrons. The van der Waals surface area contributed by atoms with Crippen LogP contribution in [0.2, 0.25) is 0 Å². The predicted molar refractivity (Wildman–Crippen MR) is 48.7 cm³/mol. The van der Waals surface area contributed by atoms with E-state index in [0.29, 0.717) is 19.4 Å². The van der Waals surface area contributed by atoms with Gasteiger partial charge in [0.15, 0.2) is 0 Å². The van der Waals surface area contributed by atoms with Gasteiger partial charge >= 0.3 is 5.97 Å². The summed E-state index contributed by atoms with van der Waals surface area (Å²) in [5.41, 5.74) is 0. The lowest BCUT2D eigenvalue weighted by Crippen LogP contribution is -2.26. The summed E-state index contributed by atoms with van der Waals surface area (Å²) in [6.45, 7) is 0.538. The van der Waals surface area contributed by atoms with Gasteiger partial charge in [-0.05, 0) is 6.42 Å². The first-order valence-electron chi connectivity index (χ1n) is 3.83. The van der Waals surface area contributed by atoms with E-state index in [0.717, 1.165) is 6.29 Å². The normalized spacial score (nSPS) is 9.00. The fourth-order valence-corrected chi connectivity index (χ4v) is 0.859. The number of aldehydes is 1. The monoisotopic (exact) mass is 204 g/mol. The summed E-state index contributed by atoms with van der Waals surface area (Å²) in [5, 5.41) is 1.39. The smallest absolute Gasteiger partial charge is 0.327 e. The molecule has 0 fully saturated rings. The van der Waals surface area contributed by atoms with E-state index < -0.39 is 0 Å². The molecule has 0 saturated heterocycles. The summed E-state index contributed by atoms with van der Waals surface area (Å²) in [5.74, 6) is -0.389. The van der Waals surface area contributed by atoms with Gasteiger partial charge in [-0.15, -0.1) is 4.47 Å². The molecule has 0 saturated carbocycles. The third-order valence-electron chi connectivity index (χ3n) is 1.39. The second-order valence-corrected chi connectivity index (χ2v) is 2.52. The second kappa shape index (κ2) is 7.60. The van der Waals surface area contributed by atoms with Crippen LogP contribution in [-0.2, 0) is 26.8 Å². The van der Waals surface area contributed by atoms with E-state index in [2.05, 4.69) is 21.6 Å². The van der Waals surface area contributed by atoms with Crippen LogP contribution in [0.5, 0.6) is 0 Å². The predicted octanol–water partition coefficient (Wildman–Crippen LogP) is 0.0860. The fourth-order valence-electron chi connectivity index (χ4n) is 0.719. The molecule has 13 heavy (non-hydrogen) atoms. The van der Waals surface area contributed by atoms with E-state index in [9.17, 15) is 9.59 Å². The van der Waals surface area contributed by atoms with Crippen LogP contribution in [0.3, 0.4) is 0 Å². The van der Waals surface area contributed by atoms with Crippen LogP contribution in [0, 0.1) is 0 Å². The summed E-state index contributed by atoms with van der Waals surface area (Å²) >= 11 is 4.44. The number of nitrogens with zero attached hydrogens (tertiary/aromatic N) is 2. The van der Waals surface area contributed by atoms with Gasteiger partial charge < -0.3 is 9.53 Å². The molecule has 0 amide bonds. The summed E-state index contributed by atoms with van der Waals surface area (Å²) in [6, 6.07) is 0. The van der Waals surface area contributed by atoms with E-state index in [-0.39, 0.29) is 12.5 Å². The van der Waals surface area contributed by atoms with Crippen LogP contribution < -0.4 is 0 Å². The summed E-state index contributed by atoms with van der Waals surface area (Å²) in [4.78, 5) is 20.8. The highest BCUT2D eigenvalue weighted by molar-refractivity contribution is 7.47. The molecule has 6 heteroatoms. The van der Waals surface area contributed by atoms with Gasteiger partial charge in [0.25, 0.3) is 0 Å². The van der Waals surface area contributed by atoms with Crippen molar-refractivity contribution in [2.24, 2.45) is 4.47 Å². The zero-order valence-electron chi connectivity index (χ0n) is 7.43. The van der Waals surface area contributed by atoms with Gasteiger partial charge in [-0.25, -0.2) is 0 Å². The largest absolute Gasteiger partial charge is 0.468 e. The first-order chi connectivity index (χ1) is 6.24. The molecule has 0 N–H and O–H groups in total. The fraction of sp³-hybridized carbons (Fsp3) is 0.714. The average molecular weight is 204 g/mol. The van der Waals surface area contributed by atoms with Crippen LogP contribution >= 0.6 is 0 Å². The number of hydrogen-bond donors (Lipinski definition) is 0. The van der Waals surface area contributed by atoms with Crippen molar-refractivity contribution in [3.63, 3.8) is 0 Å². The van der Waals surface area contributed by atoms with Crippen molar-refractivity contribution in [2.75, 3.05) is 20.2 Å². The molecule has 0 heterocycles. The molecule has 0 rings (SSSR count). The zero-order valence-corrected chi connectivity index (χ0v) is 8.25. The second-order valence-electron chi connectivity index (χ2n) is 2.35. The Morgan fingerprint density at radius 2 is 2.38 bits per heavy atom. The summed E-state index contributed by atoms with van der Waals surface area (Å²) < 4.78 is 7.88. The van der Waals surface area contributed by atoms with Crippen molar-refractivity contribution < 1.29 is 14.3 Å². The number of methoxy groups -OCH3 is 1. The van der Waals surface area contributed by atoms with Gasteiger partial charge in [-0.2, -0.15) is 0 Å². The van der Waals surface area contributed by atoms with Gasteiger partial charge in [0.1, 0.15) is 12.8 Å². The highest BCUT2D eigenvalue weighted by Crippen LogP contribution is 1.94. The maximum atomic E-state index is 10.8. The molecule has 0 aromatic rings. The molecule has 0 bridgehead atoms. The highest BCUT2D eigenvalue weighted by Gasteiger charge is 2.07. The van der Waals surface area contributed by atoms with E-state index in [1.54, 1.807) is 0 Å². The van der Waals surface area contributed by atoms with Crippen LogP contribution in [0.25, 0.3) is 0 Å². The number of ether oxygens (including phenoxy) is 1. The SMILES string of the molecule is COC(=O)CN(CCCC=O)N=S. The standard InChI is InChI=1S/C7H12N2O3S/c1-12-7(11)6-9(8-13)4-2-3-5-10/h5H,2-4,6H2,1H3. The molecular weight excluding hydrogens is 192 g/mol. The molecule has 0 aliphatic heterocycles. The lowest BCUT2D eigenvalue weighted by molar-refractivity contribution is -0.141. The van der Waals surface area contributed by atoms with Gasteiger partial charge in [0.2, 0.25) is 0 Å².